The largest absolute Gasteiger partial charge is 0.480 e. The number of thiol groups is 1. The van der Waals surface area contributed by atoms with Gasteiger partial charge in [-0.3, -0.25) is 14.4 Å². The second-order valence-electron chi connectivity index (χ2n) is 8.45. The second-order valence-corrected chi connectivity index (χ2v) is 8.81. The van der Waals surface area contributed by atoms with Crippen molar-refractivity contribution in [3.63, 3.8) is 0 Å². The summed E-state index contributed by atoms with van der Waals surface area (Å²) in [7, 11) is 0. The minimum atomic E-state index is -1.17. The first-order chi connectivity index (χ1) is 16.1. The van der Waals surface area contributed by atoms with Gasteiger partial charge in [-0.1, -0.05) is 44.2 Å². The molecule has 10 nitrogen and oxygen atoms in total. The van der Waals surface area contributed by atoms with E-state index in [0.717, 1.165) is 5.56 Å². The predicted molar refractivity (Wildman–Crippen MR) is 133 cm³/mol. The van der Waals surface area contributed by atoms with Crippen molar-refractivity contribution < 1.29 is 24.3 Å². The molecule has 0 fully saturated rings. The topological polar surface area (TPSA) is 177 Å². The van der Waals surface area contributed by atoms with Gasteiger partial charge in [0.1, 0.15) is 18.1 Å². The zero-order valence-electron chi connectivity index (χ0n) is 19.7. The number of unbranched alkanes of at least 4 members (excludes halogenated alkanes) is 1. The molecule has 0 heterocycles. The Morgan fingerprint density at radius 2 is 1.47 bits per heavy atom. The number of amides is 3. The maximum absolute atomic E-state index is 13.1. The summed E-state index contributed by atoms with van der Waals surface area (Å²) in [6.45, 7) is 4.01. The van der Waals surface area contributed by atoms with Crippen LogP contribution in [0.2, 0.25) is 0 Å². The molecule has 4 atom stereocenters. The lowest BCUT2D eigenvalue weighted by Crippen LogP contribution is -2.58. The molecule has 1 aromatic rings. The van der Waals surface area contributed by atoms with Crippen molar-refractivity contribution in [1.29, 1.82) is 0 Å². The fourth-order valence-corrected chi connectivity index (χ4v) is 3.38. The van der Waals surface area contributed by atoms with Gasteiger partial charge in [0.25, 0.3) is 0 Å². The third-order valence-corrected chi connectivity index (χ3v) is 5.68. The van der Waals surface area contributed by atoms with E-state index < -0.39 is 47.9 Å². The van der Waals surface area contributed by atoms with Crippen molar-refractivity contribution in [3.8, 4) is 0 Å². The van der Waals surface area contributed by atoms with Crippen molar-refractivity contribution in [2.24, 2.45) is 17.4 Å². The predicted octanol–water partition coefficient (Wildman–Crippen LogP) is -0.190. The summed E-state index contributed by atoms with van der Waals surface area (Å²) < 4.78 is 0. The smallest absolute Gasteiger partial charge is 0.326 e. The van der Waals surface area contributed by atoms with Crippen LogP contribution in [0.1, 0.15) is 38.7 Å². The van der Waals surface area contributed by atoms with Crippen LogP contribution in [0.3, 0.4) is 0 Å². The van der Waals surface area contributed by atoms with Crippen molar-refractivity contribution in [2.45, 2.75) is 63.7 Å². The molecule has 190 valence electrons. The molecule has 0 aliphatic rings. The summed E-state index contributed by atoms with van der Waals surface area (Å²) in [4.78, 5) is 49.8. The summed E-state index contributed by atoms with van der Waals surface area (Å²) in [6, 6.07) is 5.09. The maximum Gasteiger partial charge on any atom is 0.326 e. The Labute approximate surface area is 206 Å². The molecule has 0 aliphatic heterocycles. The highest BCUT2D eigenvalue weighted by Gasteiger charge is 2.30. The first-order valence-electron chi connectivity index (χ1n) is 11.3. The van der Waals surface area contributed by atoms with E-state index in [4.69, 9.17) is 11.5 Å². The number of hydrogen-bond donors (Lipinski definition) is 7. The average Bonchev–Trinajstić information content (AvgIpc) is 2.81. The van der Waals surface area contributed by atoms with E-state index in [2.05, 4.69) is 28.6 Å². The van der Waals surface area contributed by atoms with E-state index in [9.17, 15) is 24.3 Å². The van der Waals surface area contributed by atoms with Gasteiger partial charge in [-0.15, -0.1) is 0 Å². The van der Waals surface area contributed by atoms with Gasteiger partial charge < -0.3 is 32.5 Å². The zero-order valence-corrected chi connectivity index (χ0v) is 20.6. The van der Waals surface area contributed by atoms with E-state index in [1.165, 1.54) is 0 Å². The van der Waals surface area contributed by atoms with Gasteiger partial charge in [-0.05, 0) is 37.3 Å². The molecule has 0 radical (unpaired) electrons. The van der Waals surface area contributed by atoms with Crippen molar-refractivity contribution >= 4 is 36.3 Å². The van der Waals surface area contributed by atoms with Gasteiger partial charge in [-0.2, -0.15) is 12.6 Å². The van der Waals surface area contributed by atoms with Crippen LogP contribution in [0, 0.1) is 5.92 Å². The lowest BCUT2D eigenvalue weighted by molar-refractivity contribution is -0.142. The molecule has 1 rings (SSSR count). The maximum atomic E-state index is 13.1. The van der Waals surface area contributed by atoms with Gasteiger partial charge in [0.2, 0.25) is 17.7 Å². The van der Waals surface area contributed by atoms with Gasteiger partial charge in [0.05, 0.1) is 6.04 Å². The molecule has 0 bridgehead atoms. The molecule has 8 N–H and O–H groups in total. The molecular weight excluding hydrogens is 458 g/mol. The molecule has 0 saturated carbocycles. The van der Waals surface area contributed by atoms with E-state index in [0.29, 0.717) is 19.4 Å². The van der Waals surface area contributed by atoms with Crippen LogP contribution in [-0.4, -0.2) is 65.3 Å². The van der Waals surface area contributed by atoms with Crippen molar-refractivity contribution in [3.05, 3.63) is 35.9 Å². The minimum Gasteiger partial charge on any atom is -0.480 e. The average molecular weight is 496 g/mol. The van der Waals surface area contributed by atoms with Crippen LogP contribution in [0.4, 0.5) is 0 Å². The number of carbonyl (C=O) groups is 4. The Hall–Kier alpha value is -2.63. The number of carbonyl (C=O) groups excluding carboxylic acids is 3. The monoisotopic (exact) mass is 495 g/mol. The van der Waals surface area contributed by atoms with Crippen LogP contribution in [0.5, 0.6) is 0 Å². The van der Waals surface area contributed by atoms with Gasteiger partial charge in [-0.25, -0.2) is 4.79 Å². The van der Waals surface area contributed by atoms with Crippen molar-refractivity contribution in [1.82, 2.24) is 16.0 Å². The van der Waals surface area contributed by atoms with Crippen LogP contribution in [-0.2, 0) is 25.6 Å². The fraction of sp³-hybridized carbons (Fsp3) is 0.565. The third kappa shape index (κ3) is 10.1. The van der Waals surface area contributed by atoms with Gasteiger partial charge in [0, 0.05) is 12.2 Å². The lowest BCUT2D eigenvalue weighted by atomic mass is 10.0. The summed E-state index contributed by atoms with van der Waals surface area (Å²) >= 11 is 4.14. The number of aliphatic carboxylic acids is 1. The summed E-state index contributed by atoms with van der Waals surface area (Å²) in [5.41, 5.74) is 12.2. The molecule has 0 aromatic heterocycles. The molecular formula is C23H37N5O5S. The Bertz CT molecular complexity index is 808. The number of carboxylic acids is 1. The third-order valence-electron chi connectivity index (χ3n) is 5.31. The number of nitrogens with one attached hydrogen (secondary N) is 3. The zero-order chi connectivity index (χ0) is 25.7. The fourth-order valence-electron chi connectivity index (χ4n) is 3.12. The normalized spacial score (nSPS) is 14.5. The molecule has 0 spiro atoms. The minimum absolute atomic E-state index is 0.0653. The molecule has 0 aliphatic carbocycles. The van der Waals surface area contributed by atoms with Crippen molar-refractivity contribution in [2.75, 3.05) is 12.3 Å². The Balaban J connectivity index is 2.94. The Morgan fingerprint density at radius 1 is 0.912 bits per heavy atom. The van der Waals surface area contributed by atoms with Crippen LogP contribution < -0.4 is 27.4 Å². The standard InChI is InChI=1S/C23H37N5O5S/c1-14(2)19(25)22(31)27-17(12-15-8-4-3-5-9-15)20(29)28-18(13-34)21(30)26-16(23(32)33)10-6-7-11-24/h3-5,8-9,14,16-19,34H,6-7,10-13,24-25H2,1-2H3,(H,26,30)(H,27,31)(H,28,29)(H,32,33). The highest BCUT2D eigenvalue weighted by atomic mass is 32.1. The highest BCUT2D eigenvalue weighted by Crippen LogP contribution is 2.07. The van der Waals surface area contributed by atoms with Gasteiger partial charge >= 0.3 is 5.97 Å². The molecule has 4 unspecified atom stereocenters. The number of carboxylic acid groups (broad SMARTS) is 1. The quantitative estimate of drug-likeness (QED) is 0.130. The number of nitrogens with two attached hydrogens (primary N) is 2. The Kier molecular flexibility index (Phi) is 13.2. The number of hydrogen-bond acceptors (Lipinski definition) is 7. The van der Waals surface area contributed by atoms with Crippen LogP contribution >= 0.6 is 12.6 Å². The SMILES string of the molecule is CC(C)C(N)C(=O)NC(Cc1ccccc1)C(=O)NC(CS)C(=O)NC(CCCCN)C(=O)O. The molecule has 34 heavy (non-hydrogen) atoms. The highest BCUT2D eigenvalue weighted by molar-refractivity contribution is 7.80. The second kappa shape index (κ2) is 15.3. The Morgan fingerprint density at radius 3 is 2.00 bits per heavy atom. The van der Waals surface area contributed by atoms with Crippen LogP contribution in [0.25, 0.3) is 0 Å². The van der Waals surface area contributed by atoms with E-state index >= 15 is 0 Å². The van der Waals surface area contributed by atoms with E-state index in [-0.39, 0.29) is 24.5 Å². The first-order valence-corrected chi connectivity index (χ1v) is 12.0. The number of rotatable bonds is 15. The number of benzene rings is 1. The van der Waals surface area contributed by atoms with Gasteiger partial charge in [0.15, 0.2) is 0 Å². The van der Waals surface area contributed by atoms with Crippen LogP contribution in [0.15, 0.2) is 30.3 Å². The van der Waals surface area contributed by atoms with E-state index in [1.807, 2.05) is 30.3 Å². The molecule has 11 heteroatoms. The summed E-state index contributed by atoms with van der Waals surface area (Å²) in [5.74, 6) is -3.13. The molecule has 3 amide bonds. The molecule has 1 aromatic carbocycles. The summed E-state index contributed by atoms with van der Waals surface area (Å²) in [5, 5.41) is 17.1. The first kappa shape index (κ1) is 29.4. The van der Waals surface area contributed by atoms with E-state index in [1.54, 1.807) is 13.8 Å². The lowest BCUT2D eigenvalue weighted by Gasteiger charge is -2.25. The molecule has 0 saturated heterocycles. The summed E-state index contributed by atoms with van der Waals surface area (Å²) in [6.07, 6.45) is 1.56.